The van der Waals surface area contributed by atoms with Crippen LogP contribution in [0.3, 0.4) is 0 Å². The van der Waals surface area contributed by atoms with Gasteiger partial charge >= 0.3 is 5.97 Å². The smallest absolute Gasteiger partial charge is 0.330 e. The van der Waals surface area contributed by atoms with Gasteiger partial charge in [0.25, 0.3) is 0 Å². The summed E-state index contributed by atoms with van der Waals surface area (Å²) in [4.78, 5) is 16.7. The summed E-state index contributed by atoms with van der Waals surface area (Å²) in [6.07, 6.45) is 36.6. The number of hydroxylamine groups is 1. The first-order valence-electron chi connectivity index (χ1n) is 16.5. The molecule has 4 nitrogen and oxygen atoms in total. The van der Waals surface area contributed by atoms with Crippen LogP contribution in [-0.4, -0.2) is 17.7 Å². The van der Waals surface area contributed by atoms with Gasteiger partial charge in [0, 0.05) is 11.8 Å². The van der Waals surface area contributed by atoms with Gasteiger partial charge in [-0.15, -0.1) is 0 Å². The molecule has 0 fully saturated rings. The van der Waals surface area contributed by atoms with Crippen molar-refractivity contribution in [2.45, 2.75) is 187 Å². The second-order valence-electron chi connectivity index (χ2n) is 11.2. The summed E-state index contributed by atoms with van der Waals surface area (Å²) in [5.41, 5.74) is 3.62. The highest BCUT2D eigenvalue weighted by molar-refractivity contribution is 5.80. The van der Waals surface area contributed by atoms with E-state index >= 15 is 0 Å². The Morgan fingerprint density at radius 3 is 1.22 bits per heavy atom. The lowest BCUT2D eigenvalue weighted by molar-refractivity contribution is -0.131. The van der Waals surface area contributed by atoms with Crippen LogP contribution in [-0.2, 0) is 9.63 Å². The molecule has 220 valence electrons. The van der Waals surface area contributed by atoms with Gasteiger partial charge in [-0.25, -0.2) is 4.79 Å². The van der Waals surface area contributed by atoms with Crippen molar-refractivity contribution in [3.05, 3.63) is 11.8 Å². The maximum absolute atomic E-state index is 11.1. The zero-order valence-electron chi connectivity index (χ0n) is 25.1. The number of hydrogen-bond acceptors (Lipinski definition) is 3. The molecule has 0 aromatic carbocycles. The molecular formula is C33H65NO3. The van der Waals surface area contributed by atoms with Gasteiger partial charge in [0.1, 0.15) is 0 Å². The molecule has 0 amide bonds. The van der Waals surface area contributed by atoms with Gasteiger partial charge in [0.15, 0.2) is 0 Å². The van der Waals surface area contributed by atoms with Crippen molar-refractivity contribution in [1.29, 1.82) is 0 Å². The summed E-state index contributed by atoms with van der Waals surface area (Å²) in [5.74, 6) is -0.901. The Morgan fingerprint density at radius 2 is 0.865 bits per heavy atom. The van der Waals surface area contributed by atoms with Crippen molar-refractivity contribution in [2.75, 3.05) is 6.61 Å². The minimum absolute atomic E-state index is 0.646. The number of carbonyl (C=O) groups is 1. The first-order chi connectivity index (χ1) is 18.2. The fourth-order valence-electron chi connectivity index (χ4n) is 4.97. The molecule has 37 heavy (non-hydrogen) atoms. The van der Waals surface area contributed by atoms with Crippen molar-refractivity contribution in [3.8, 4) is 0 Å². The van der Waals surface area contributed by atoms with Crippen LogP contribution in [0.25, 0.3) is 0 Å². The fraction of sp³-hybridized carbons (Fsp3) is 0.909. The average molecular weight is 524 g/mol. The van der Waals surface area contributed by atoms with Gasteiger partial charge in [-0.2, -0.15) is 0 Å². The van der Waals surface area contributed by atoms with Crippen molar-refractivity contribution in [3.63, 3.8) is 0 Å². The van der Waals surface area contributed by atoms with Crippen molar-refractivity contribution in [1.82, 2.24) is 5.48 Å². The zero-order chi connectivity index (χ0) is 27.1. The number of carboxylic acid groups (broad SMARTS) is 1. The number of hydrogen-bond donors (Lipinski definition) is 2. The Labute approximate surface area is 231 Å². The van der Waals surface area contributed by atoms with Gasteiger partial charge in [0.2, 0.25) is 0 Å². The maximum Gasteiger partial charge on any atom is 0.330 e. The van der Waals surface area contributed by atoms with E-state index < -0.39 is 5.97 Å². The molecule has 0 aliphatic rings. The number of aliphatic carboxylic acids is 1. The lowest BCUT2D eigenvalue weighted by Gasteiger charge is -2.11. The minimum atomic E-state index is -0.901. The molecule has 0 spiro atoms. The summed E-state index contributed by atoms with van der Waals surface area (Å²) < 4.78 is 0. The van der Waals surface area contributed by atoms with Crippen LogP contribution in [0.1, 0.15) is 187 Å². The Balaban J connectivity index is 3.52. The Hall–Kier alpha value is -1.03. The van der Waals surface area contributed by atoms with E-state index in [0.29, 0.717) is 12.3 Å². The number of unbranched alkanes of at least 4 members (excludes halogenated alkanes) is 24. The van der Waals surface area contributed by atoms with Crippen LogP contribution in [0.15, 0.2) is 11.8 Å². The third kappa shape index (κ3) is 31.1. The molecule has 0 aromatic heterocycles. The van der Waals surface area contributed by atoms with E-state index in [2.05, 4.69) is 19.3 Å². The van der Waals surface area contributed by atoms with Crippen molar-refractivity contribution < 1.29 is 14.7 Å². The number of rotatable bonds is 31. The van der Waals surface area contributed by atoms with Crippen LogP contribution >= 0.6 is 0 Å². The average Bonchev–Trinajstić information content (AvgIpc) is 2.88. The molecule has 0 aromatic rings. The monoisotopic (exact) mass is 523 g/mol. The van der Waals surface area contributed by atoms with Crippen molar-refractivity contribution in [2.24, 2.45) is 0 Å². The van der Waals surface area contributed by atoms with Crippen LogP contribution in [0, 0.1) is 0 Å². The summed E-state index contributed by atoms with van der Waals surface area (Å²) in [6.45, 7) is 5.19. The van der Waals surface area contributed by atoms with Crippen LogP contribution < -0.4 is 5.48 Å². The molecule has 0 saturated carbocycles. The third-order valence-electron chi connectivity index (χ3n) is 7.40. The number of nitrogens with one attached hydrogen (secondary N) is 1. The fourth-order valence-corrected chi connectivity index (χ4v) is 4.97. The molecule has 0 atom stereocenters. The van der Waals surface area contributed by atoms with Crippen LogP contribution in [0.2, 0.25) is 0 Å². The van der Waals surface area contributed by atoms with Gasteiger partial charge in [-0.3, -0.25) is 10.3 Å². The Morgan fingerprint density at radius 1 is 0.541 bits per heavy atom. The largest absolute Gasteiger partial charge is 0.478 e. The molecule has 0 unspecified atom stereocenters. The maximum atomic E-state index is 11.1. The molecule has 0 aliphatic heterocycles. The third-order valence-corrected chi connectivity index (χ3v) is 7.40. The molecule has 0 bridgehead atoms. The molecule has 2 N–H and O–H groups in total. The van der Waals surface area contributed by atoms with Crippen molar-refractivity contribution >= 4 is 5.97 Å². The summed E-state index contributed by atoms with van der Waals surface area (Å²) in [5, 5.41) is 9.14. The summed E-state index contributed by atoms with van der Waals surface area (Å²) in [6, 6.07) is 0. The van der Waals surface area contributed by atoms with Crippen LogP contribution in [0.4, 0.5) is 0 Å². The Bertz CT molecular complexity index is 492. The number of carboxylic acids is 1. The van der Waals surface area contributed by atoms with E-state index in [-0.39, 0.29) is 0 Å². The highest BCUT2D eigenvalue weighted by Gasteiger charge is 2.02. The van der Waals surface area contributed by atoms with Gasteiger partial charge < -0.3 is 5.11 Å². The summed E-state index contributed by atoms with van der Waals surface area (Å²) >= 11 is 0. The van der Waals surface area contributed by atoms with Gasteiger partial charge in [-0.1, -0.05) is 168 Å². The van der Waals surface area contributed by atoms with E-state index in [1.54, 1.807) is 0 Å². The predicted molar refractivity (Wildman–Crippen MR) is 161 cm³/mol. The lowest BCUT2D eigenvalue weighted by Crippen LogP contribution is -2.16. The van der Waals surface area contributed by atoms with E-state index in [1.165, 1.54) is 154 Å². The Kier molecular flexibility index (Phi) is 30.3. The van der Waals surface area contributed by atoms with E-state index in [4.69, 9.17) is 9.94 Å². The van der Waals surface area contributed by atoms with E-state index in [1.807, 2.05) is 0 Å². The highest BCUT2D eigenvalue weighted by Crippen LogP contribution is 2.15. The normalized spacial score (nSPS) is 11.8. The quantitative estimate of drug-likeness (QED) is 0.0539. The van der Waals surface area contributed by atoms with E-state index in [9.17, 15) is 4.79 Å². The molecule has 0 heterocycles. The molecule has 0 radical (unpaired) electrons. The zero-order valence-corrected chi connectivity index (χ0v) is 25.1. The van der Waals surface area contributed by atoms with Gasteiger partial charge in [-0.05, 0) is 19.3 Å². The first-order valence-corrected chi connectivity index (χ1v) is 16.5. The summed E-state index contributed by atoms with van der Waals surface area (Å²) in [7, 11) is 0. The molecule has 0 aliphatic carbocycles. The standard InChI is InChI=1S/C33H65NO3/c1-3-5-7-9-11-13-15-17-19-21-23-25-27-29-32(31-33(35)36)34-37-30-28-26-24-22-20-18-16-14-12-10-8-6-4-2/h31,34H,3-30H2,1-2H3,(H,35,36). The van der Waals surface area contributed by atoms with Crippen LogP contribution in [0.5, 0.6) is 0 Å². The highest BCUT2D eigenvalue weighted by atomic mass is 16.6. The minimum Gasteiger partial charge on any atom is -0.478 e. The number of allylic oxidation sites excluding steroid dienone is 1. The second kappa shape index (κ2) is 31.2. The second-order valence-corrected chi connectivity index (χ2v) is 11.2. The SMILES string of the molecule is CCCCCCCCCCCCCCCONC(=CC(=O)O)CCCCCCCCCCCCCCC. The molecule has 4 heteroatoms. The predicted octanol–water partition coefficient (Wildman–Crippen LogP) is 11.0. The molecule has 0 saturated heterocycles. The molecule has 0 rings (SSSR count). The van der Waals surface area contributed by atoms with E-state index in [0.717, 1.165) is 25.7 Å². The first kappa shape index (κ1) is 36.0. The lowest BCUT2D eigenvalue weighted by atomic mass is 10.0. The topological polar surface area (TPSA) is 58.6 Å². The molecular weight excluding hydrogens is 458 g/mol. The van der Waals surface area contributed by atoms with Gasteiger partial charge in [0.05, 0.1) is 6.61 Å².